The van der Waals surface area contributed by atoms with Gasteiger partial charge in [-0.05, 0) is 79.5 Å². The van der Waals surface area contributed by atoms with Crippen molar-refractivity contribution in [3.8, 4) is 11.5 Å². The van der Waals surface area contributed by atoms with Gasteiger partial charge in [0.25, 0.3) is 5.91 Å². The van der Waals surface area contributed by atoms with E-state index in [2.05, 4.69) is 10.2 Å². The predicted octanol–water partition coefficient (Wildman–Crippen LogP) is 3.61. The summed E-state index contributed by atoms with van der Waals surface area (Å²) in [6.07, 6.45) is 4.26. The van der Waals surface area contributed by atoms with Crippen LogP contribution in [0.5, 0.6) is 11.5 Å². The van der Waals surface area contributed by atoms with Crippen LogP contribution in [-0.4, -0.2) is 69.0 Å². The van der Waals surface area contributed by atoms with E-state index in [9.17, 15) is 24.9 Å². The smallest absolute Gasteiger partial charge is 0.336 e. The molecule has 40 heavy (non-hydrogen) atoms. The van der Waals surface area contributed by atoms with Crippen molar-refractivity contribution in [1.29, 1.82) is 0 Å². The van der Waals surface area contributed by atoms with Crippen molar-refractivity contribution in [2.45, 2.75) is 67.7 Å². The number of amides is 1. The van der Waals surface area contributed by atoms with Crippen LogP contribution in [0.2, 0.25) is 0 Å². The lowest BCUT2D eigenvalue weighted by atomic mass is 9.48. The molecular formula is C32H32N2O6. The van der Waals surface area contributed by atoms with E-state index in [1.165, 1.54) is 18.9 Å². The summed E-state index contributed by atoms with van der Waals surface area (Å²) in [6.45, 7) is 1.82. The molecule has 3 fully saturated rings. The molecule has 8 rings (SSSR count). The highest BCUT2D eigenvalue weighted by Crippen LogP contribution is 2.65. The molecule has 3 aromatic carbocycles. The number of benzene rings is 3. The number of phenolic OH excluding ortho intramolecular Hbond substituents is 1. The molecule has 3 aromatic rings. The van der Waals surface area contributed by atoms with Crippen molar-refractivity contribution >= 4 is 22.6 Å². The summed E-state index contributed by atoms with van der Waals surface area (Å²) < 4.78 is 6.56. The lowest BCUT2D eigenvalue weighted by molar-refractivity contribution is -0.191. The van der Waals surface area contributed by atoms with Crippen molar-refractivity contribution < 1.29 is 29.6 Å². The highest BCUT2D eigenvalue weighted by atomic mass is 16.5. The van der Waals surface area contributed by atoms with Gasteiger partial charge in [-0.3, -0.25) is 9.69 Å². The zero-order valence-electron chi connectivity index (χ0n) is 22.1. The molecule has 0 unspecified atom stereocenters. The number of carbonyl (C=O) groups is 2. The number of fused-ring (bicyclic) bond motifs is 1. The molecule has 1 spiro atoms. The van der Waals surface area contributed by atoms with Crippen LogP contribution in [-0.2, 0) is 11.8 Å². The number of nitrogens with one attached hydrogen (secondary N) is 1. The number of hydrogen-bond acceptors (Lipinski definition) is 6. The maximum Gasteiger partial charge on any atom is 0.336 e. The standard InChI is InChI=1S/C32H32N2O6/c35-23-10-8-19-15-24-32(39)12-11-22(28-31(32,26(19)27(23)40-28)13-14-34(24)16-17-5-6-17)33-29(36)25-20-4-2-1-3-18(20)7-9-21(25)30(37)38/h1-4,7-10,17,22,24,28,35,39H,5-6,11-16H2,(H,33,36)(H,37,38)/t22-,24-,28+,31+,32-/m1/s1. The Morgan fingerprint density at radius 3 is 2.67 bits per heavy atom. The molecule has 206 valence electrons. The van der Waals surface area contributed by atoms with E-state index in [0.717, 1.165) is 29.6 Å². The van der Waals surface area contributed by atoms with E-state index in [0.29, 0.717) is 42.7 Å². The first-order valence-corrected chi connectivity index (χ1v) is 14.4. The largest absolute Gasteiger partial charge is 0.504 e. The first-order chi connectivity index (χ1) is 19.3. The van der Waals surface area contributed by atoms with Crippen molar-refractivity contribution in [2.75, 3.05) is 13.1 Å². The fraction of sp³-hybridized carbons (Fsp3) is 0.438. The number of aliphatic hydroxyl groups is 1. The Morgan fingerprint density at radius 1 is 1.05 bits per heavy atom. The van der Waals surface area contributed by atoms with Gasteiger partial charge in [-0.15, -0.1) is 0 Å². The molecule has 3 aliphatic carbocycles. The van der Waals surface area contributed by atoms with E-state index in [4.69, 9.17) is 4.74 Å². The van der Waals surface area contributed by atoms with Gasteiger partial charge in [0.1, 0.15) is 6.10 Å². The van der Waals surface area contributed by atoms with Crippen molar-refractivity contribution in [3.63, 3.8) is 0 Å². The number of piperidine rings is 1. The van der Waals surface area contributed by atoms with Gasteiger partial charge in [0.15, 0.2) is 11.5 Å². The highest BCUT2D eigenvalue weighted by Gasteiger charge is 2.73. The second kappa shape index (κ2) is 8.21. The Balaban J connectivity index is 1.21. The number of aromatic carboxylic acids is 1. The number of carboxylic acid groups (broad SMARTS) is 1. The Morgan fingerprint density at radius 2 is 1.88 bits per heavy atom. The molecule has 5 aliphatic rings. The molecule has 1 amide bonds. The van der Waals surface area contributed by atoms with E-state index < -0.39 is 35.0 Å². The van der Waals surface area contributed by atoms with Crippen molar-refractivity contribution in [1.82, 2.24) is 10.2 Å². The second-order valence-electron chi connectivity index (χ2n) is 12.4. The minimum Gasteiger partial charge on any atom is -0.504 e. The van der Waals surface area contributed by atoms with Crippen LogP contribution >= 0.6 is 0 Å². The Kier molecular flexibility index (Phi) is 4.97. The molecule has 8 nitrogen and oxygen atoms in total. The summed E-state index contributed by atoms with van der Waals surface area (Å²) >= 11 is 0. The Labute approximate surface area is 231 Å². The number of ether oxygens (including phenoxy) is 1. The number of phenols is 1. The van der Waals surface area contributed by atoms with Gasteiger partial charge in [0.2, 0.25) is 0 Å². The minimum atomic E-state index is -1.16. The molecule has 2 saturated carbocycles. The molecular weight excluding hydrogens is 508 g/mol. The van der Waals surface area contributed by atoms with Crippen LogP contribution in [0.4, 0.5) is 0 Å². The number of carboxylic acids is 1. The van der Waals surface area contributed by atoms with Crippen LogP contribution in [0.1, 0.15) is 63.9 Å². The van der Waals surface area contributed by atoms with Crippen LogP contribution in [0.3, 0.4) is 0 Å². The third-order valence-corrected chi connectivity index (χ3v) is 10.5. The lowest BCUT2D eigenvalue weighted by Gasteiger charge is -2.64. The van der Waals surface area contributed by atoms with E-state index >= 15 is 0 Å². The number of likely N-dealkylation sites (tertiary alicyclic amines) is 1. The maximum absolute atomic E-state index is 13.9. The summed E-state index contributed by atoms with van der Waals surface area (Å²) in [4.78, 5) is 28.5. The summed E-state index contributed by atoms with van der Waals surface area (Å²) in [5.41, 5.74) is 0.262. The van der Waals surface area contributed by atoms with Gasteiger partial charge >= 0.3 is 5.97 Å². The molecule has 8 heteroatoms. The van der Waals surface area contributed by atoms with Crippen LogP contribution < -0.4 is 10.1 Å². The minimum absolute atomic E-state index is 0.0516. The van der Waals surface area contributed by atoms with Crippen LogP contribution in [0.25, 0.3) is 10.8 Å². The average Bonchev–Trinajstić information content (AvgIpc) is 3.69. The summed E-state index contributed by atoms with van der Waals surface area (Å²) in [6, 6.07) is 13.6. The Hall–Kier alpha value is -3.62. The van der Waals surface area contributed by atoms with Gasteiger partial charge in [0, 0.05) is 18.2 Å². The third-order valence-electron chi connectivity index (χ3n) is 10.5. The molecule has 2 heterocycles. The quantitative estimate of drug-likeness (QED) is 0.390. The third kappa shape index (κ3) is 3.09. The maximum atomic E-state index is 13.9. The first kappa shape index (κ1) is 24.2. The second-order valence-corrected chi connectivity index (χ2v) is 12.4. The van der Waals surface area contributed by atoms with Crippen LogP contribution in [0, 0.1) is 5.92 Å². The molecule has 1 saturated heterocycles. The van der Waals surface area contributed by atoms with Crippen molar-refractivity contribution in [3.05, 3.63) is 70.8 Å². The zero-order valence-corrected chi connectivity index (χ0v) is 22.1. The predicted molar refractivity (Wildman–Crippen MR) is 147 cm³/mol. The van der Waals surface area contributed by atoms with Gasteiger partial charge in [-0.2, -0.15) is 0 Å². The number of nitrogens with zero attached hydrogens (tertiary/aromatic N) is 1. The Bertz CT molecular complexity index is 1600. The van der Waals surface area contributed by atoms with Gasteiger partial charge < -0.3 is 25.4 Å². The zero-order chi connectivity index (χ0) is 27.4. The number of hydrogen-bond donors (Lipinski definition) is 4. The van der Waals surface area contributed by atoms with Gasteiger partial charge in [-0.25, -0.2) is 4.79 Å². The molecule has 4 N–H and O–H groups in total. The molecule has 2 bridgehead atoms. The van der Waals surface area contributed by atoms with E-state index in [1.54, 1.807) is 24.3 Å². The number of rotatable bonds is 5. The molecule has 5 atom stereocenters. The monoisotopic (exact) mass is 540 g/mol. The normalized spacial score (nSPS) is 31.9. The molecule has 0 radical (unpaired) electrons. The summed E-state index contributed by atoms with van der Waals surface area (Å²) in [5.74, 6) is -0.457. The SMILES string of the molecule is O=C(O)c1ccc2ccccc2c1C(=O)N[C@@H]1CC[C@@]2(O)[C@H]3Cc4ccc(O)c5c4[C@@]2(CCN3CC2CC2)[C@H]1O5. The van der Waals surface area contributed by atoms with E-state index in [1.807, 2.05) is 18.2 Å². The first-order valence-electron chi connectivity index (χ1n) is 14.4. The van der Waals surface area contributed by atoms with Crippen molar-refractivity contribution in [2.24, 2.45) is 5.92 Å². The topological polar surface area (TPSA) is 119 Å². The summed E-state index contributed by atoms with van der Waals surface area (Å²) in [5, 5.41) is 37.9. The van der Waals surface area contributed by atoms with Crippen LogP contribution in [0.15, 0.2) is 48.5 Å². The molecule has 0 aromatic heterocycles. The fourth-order valence-electron chi connectivity index (χ4n) is 8.56. The number of aromatic hydroxyl groups is 1. The fourth-order valence-corrected chi connectivity index (χ4v) is 8.56. The lowest BCUT2D eigenvalue weighted by Crippen LogP contribution is -2.78. The van der Waals surface area contributed by atoms with E-state index in [-0.39, 0.29) is 22.9 Å². The number of carbonyl (C=O) groups excluding carboxylic acids is 1. The highest BCUT2D eigenvalue weighted by molar-refractivity contribution is 6.14. The van der Waals surface area contributed by atoms with Gasteiger partial charge in [0.05, 0.1) is 28.2 Å². The molecule has 2 aliphatic heterocycles. The van der Waals surface area contributed by atoms with Gasteiger partial charge in [-0.1, -0.05) is 36.4 Å². The average molecular weight is 541 g/mol. The summed E-state index contributed by atoms with van der Waals surface area (Å²) in [7, 11) is 0.